The minimum atomic E-state index is -0.520. The van der Waals surface area contributed by atoms with Crippen molar-refractivity contribution >= 4 is 18.0 Å². The van der Waals surface area contributed by atoms with Gasteiger partial charge in [-0.3, -0.25) is 4.79 Å². The summed E-state index contributed by atoms with van der Waals surface area (Å²) in [7, 11) is 0. The van der Waals surface area contributed by atoms with Crippen LogP contribution in [0.2, 0.25) is 0 Å². The van der Waals surface area contributed by atoms with Crippen molar-refractivity contribution in [2.75, 3.05) is 6.61 Å². The highest BCUT2D eigenvalue weighted by atomic mass is 16.5. The van der Waals surface area contributed by atoms with E-state index >= 15 is 0 Å². The Kier molecular flexibility index (Phi) is 4.46. The van der Waals surface area contributed by atoms with E-state index in [1.807, 2.05) is 6.92 Å². The molecule has 0 spiro atoms. The van der Waals surface area contributed by atoms with E-state index in [1.54, 1.807) is 25.1 Å². The molecule has 0 radical (unpaired) electrons. The zero-order valence-corrected chi connectivity index (χ0v) is 9.90. The lowest BCUT2D eigenvalue weighted by molar-refractivity contribution is -0.137. The Bertz CT molecular complexity index is 464. The summed E-state index contributed by atoms with van der Waals surface area (Å²) < 4.78 is 4.75. The van der Waals surface area contributed by atoms with Crippen molar-refractivity contribution < 1.29 is 14.3 Å². The van der Waals surface area contributed by atoms with Gasteiger partial charge in [-0.15, -0.1) is 0 Å². The molecule has 0 atom stereocenters. The Morgan fingerprint density at radius 3 is 2.71 bits per heavy atom. The van der Waals surface area contributed by atoms with Crippen LogP contribution >= 0.6 is 0 Å². The summed E-state index contributed by atoms with van der Waals surface area (Å²) in [4.78, 5) is 22.3. The van der Waals surface area contributed by atoms with Crippen LogP contribution in [0.15, 0.2) is 24.3 Å². The normalized spacial score (nSPS) is 10.5. The highest BCUT2D eigenvalue weighted by molar-refractivity contribution is 5.98. The lowest BCUT2D eigenvalue weighted by Gasteiger charge is -2.03. The highest BCUT2D eigenvalue weighted by Gasteiger charge is 2.06. The molecule has 1 aromatic carbocycles. The molecule has 0 fully saturated rings. The van der Waals surface area contributed by atoms with Crippen LogP contribution in [0.4, 0.5) is 0 Å². The Labute approximate surface area is 100 Å². The molecule has 0 aliphatic rings. The second-order valence-corrected chi connectivity index (χ2v) is 3.54. The fourth-order valence-corrected chi connectivity index (χ4v) is 1.39. The number of aryl methyl sites for hydroxylation is 1. The number of ether oxygens (including phenoxy) is 1. The van der Waals surface area contributed by atoms with Crippen molar-refractivity contribution in [3.63, 3.8) is 0 Å². The first-order valence-electron chi connectivity index (χ1n) is 5.30. The van der Waals surface area contributed by atoms with Crippen molar-refractivity contribution in [2.24, 2.45) is 5.73 Å². The molecule has 0 aliphatic heterocycles. The van der Waals surface area contributed by atoms with Gasteiger partial charge in [0.05, 0.1) is 6.61 Å². The second kappa shape index (κ2) is 5.84. The molecule has 0 aromatic heterocycles. The molecule has 1 rings (SSSR count). The molecule has 17 heavy (non-hydrogen) atoms. The van der Waals surface area contributed by atoms with Gasteiger partial charge in [-0.2, -0.15) is 0 Å². The Balaban J connectivity index is 3.00. The number of hydrogen-bond donors (Lipinski definition) is 1. The number of esters is 1. The summed E-state index contributed by atoms with van der Waals surface area (Å²) in [6, 6.07) is 5.22. The van der Waals surface area contributed by atoms with E-state index in [4.69, 9.17) is 10.5 Å². The molecule has 0 heterocycles. The molecular weight excluding hydrogens is 218 g/mol. The third-order valence-electron chi connectivity index (χ3n) is 2.16. The first-order chi connectivity index (χ1) is 8.04. The molecule has 0 bridgehead atoms. The molecule has 2 N–H and O–H groups in total. The largest absolute Gasteiger partial charge is 0.463 e. The summed E-state index contributed by atoms with van der Waals surface area (Å²) in [5.74, 6) is -0.960. The third kappa shape index (κ3) is 3.75. The molecule has 1 aromatic rings. The zero-order chi connectivity index (χ0) is 12.8. The third-order valence-corrected chi connectivity index (χ3v) is 2.16. The van der Waals surface area contributed by atoms with Crippen LogP contribution in [-0.4, -0.2) is 18.5 Å². The van der Waals surface area contributed by atoms with E-state index in [-0.39, 0.29) is 0 Å². The van der Waals surface area contributed by atoms with Crippen molar-refractivity contribution in [3.8, 4) is 0 Å². The van der Waals surface area contributed by atoms with E-state index in [0.717, 1.165) is 5.56 Å². The van der Waals surface area contributed by atoms with Crippen LogP contribution in [0.1, 0.15) is 28.4 Å². The number of carbonyl (C=O) groups is 2. The average molecular weight is 233 g/mol. The van der Waals surface area contributed by atoms with Gasteiger partial charge in [-0.1, -0.05) is 17.7 Å². The summed E-state index contributed by atoms with van der Waals surface area (Å²) in [6.07, 6.45) is 2.82. The average Bonchev–Trinajstić information content (AvgIpc) is 2.26. The monoisotopic (exact) mass is 233 g/mol. The minimum absolute atomic E-state index is 0.319. The maximum absolute atomic E-state index is 11.2. The van der Waals surface area contributed by atoms with Gasteiger partial charge < -0.3 is 10.5 Å². The number of hydrogen-bond acceptors (Lipinski definition) is 3. The second-order valence-electron chi connectivity index (χ2n) is 3.54. The molecule has 0 aliphatic carbocycles. The molecule has 90 valence electrons. The number of rotatable bonds is 4. The molecule has 0 unspecified atom stereocenters. The lowest BCUT2D eigenvalue weighted by Crippen LogP contribution is -2.12. The van der Waals surface area contributed by atoms with E-state index in [0.29, 0.717) is 17.7 Å². The first-order valence-corrected chi connectivity index (χ1v) is 5.30. The summed E-state index contributed by atoms with van der Waals surface area (Å²) >= 11 is 0. The molecule has 4 nitrogen and oxygen atoms in total. The Hall–Kier alpha value is -2.10. The van der Waals surface area contributed by atoms with Crippen LogP contribution in [0, 0.1) is 6.92 Å². The number of benzene rings is 1. The van der Waals surface area contributed by atoms with Gasteiger partial charge in [0, 0.05) is 11.6 Å². The number of primary amides is 1. The van der Waals surface area contributed by atoms with Gasteiger partial charge in [0.15, 0.2) is 0 Å². The Morgan fingerprint density at radius 2 is 2.12 bits per heavy atom. The number of amides is 1. The van der Waals surface area contributed by atoms with Crippen molar-refractivity contribution in [1.82, 2.24) is 0 Å². The molecule has 0 saturated heterocycles. The van der Waals surface area contributed by atoms with Gasteiger partial charge >= 0.3 is 5.97 Å². The number of carbonyl (C=O) groups excluding carboxylic acids is 2. The molecule has 1 amide bonds. The van der Waals surface area contributed by atoms with E-state index in [9.17, 15) is 9.59 Å². The lowest BCUT2D eigenvalue weighted by atomic mass is 10.0. The van der Waals surface area contributed by atoms with Crippen LogP contribution in [0.5, 0.6) is 0 Å². The van der Waals surface area contributed by atoms with Crippen molar-refractivity contribution in [3.05, 3.63) is 41.0 Å². The van der Waals surface area contributed by atoms with Crippen LogP contribution < -0.4 is 5.73 Å². The van der Waals surface area contributed by atoms with Crippen LogP contribution in [0.3, 0.4) is 0 Å². The van der Waals surface area contributed by atoms with Gasteiger partial charge in [-0.25, -0.2) is 4.79 Å². The molecule has 0 saturated carbocycles. The van der Waals surface area contributed by atoms with E-state index in [1.165, 1.54) is 12.2 Å². The minimum Gasteiger partial charge on any atom is -0.463 e. The smallest absolute Gasteiger partial charge is 0.330 e. The predicted molar refractivity (Wildman–Crippen MR) is 65.4 cm³/mol. The topological polar surface area (TPSA) is 69.4 Å². The zero-order valence-electron chi connectivity index (χ0n) is 9.90. The standard InChI is InChI=1S/C13H15NO3/c1-3-17-12(15)7-5-10-8-9(2)4-6-11(10)13(14)16/h4-8H,3H2,1-2H3,(H2,14,16)/b7-5+. The van der Waals surface area contributed by atoms with E-state index < -0.39 is 11.9 Å². The SMILES string of the molecule is CCOC(=O)/C=C/c1cc(C)ccc1C(N)=O. The van der Waals surface area contributed by atoms with Crippen molar-refractivity contribution in [2.45, 2.75) is 13.8 Å². The predicted octanol–water partition coefficient (Wildman–Crippen LogP) is 1.67. The van der Waals surface area contributed by atoms with Gasteiger partial charge in [0.1, 0.15) is 0 Å². The summed E-state index contributed by atoms with van der Waals surface area (Å²) in [5, 5.41) is 0. The fourth-order valence-electron chi connectivity index (χ4n) is 1.39. The molecule has 4 heteroatoms. The van der Waals surface area contributed by atoms with Crippen LogP contribution in [0.25, 0.3) is 6.08 Å². The van der Waals surface area contributed by atoms with Gasteiger partial charge in [-0.05, 0) is 31.6 Å². The molecular formula is C13H15NO3. The highest BCUT2D eigenvalue weighted by Crippen LogP contribution is 2.13. The fraction of sp³-hybridized carbons (Fsp3) is 0.231. The van der Waals surface area contributed by atoms with E-state index in [2.05, 4.69) is 0 Å². The summed E-state index contributed by atoms with van der Waals surface area (Å²) in [6.45, 7) is 3.94. The maximum atomic E-state index is 11.2. The van der Waals surface area contributed by atoms with Crippen molar-refractivity contribution in [1.29, 1.82) is 0 Å². The maximum Gasteiger partial charge on any atom is 0.330 e. The first kappa shape index (κ1) is 13.0. The number of nitrogens with two attached hydrogens (primary N) is 1. The summed E-state index contributed by atoms with van der Waals surface area (Å²) in [5.41, 5.74) is 7.23. The van der Waals surface area contributed by atoms with Gasteiger partial charge in [0.25, 0.3) is 0 Å². The Morgan fingerprint density at radius 1 is 1.41 bits per heavy atom. The quantitative estimate of drug-likeness (QED) is 0.635. The van der Waals surface area contributed by atoms with Gasteiger partial charge in [0.2, 0.25) is 5.91 Å². The van der Waals surface area contributed by atoms with Crippen LogP contribution in [-0.2, 0) is 9.53 Å².